The Kier molecular flexibility index (Phi) is 5.14. The summed E-state index contributed by atoms with van der Waals surface area (Å²) in [4.78, 5) is 16.9. The number of carbonyl (C=O) groups is 1. The van der Waals surface area contributed by atoms with E-state index in [9.17, 15) is 27.8 Å². The van der Waals surface area contributed by atoms with Crippen molar-refractivity contribution < 1.29 is 32.7 Å². The Balaban J connectivity index is 1.84. The molecule has 4 rings (SSSR count). The van der Waals surface area contributed by atoms with E-state index in [-0.39, 0.29) is 16.3 Å². The van der Waals surface area contributed by atoms with Gasteiger partial charge in [0.1, 0.15) is 16.5 Å². The molecular formula is C23H18FNO6S. The monoisotopic (exact) mass is 455 g/mol. The van der Waals surface area contributed by atoms with Crippen LogP contribution in [0, 0.1) is 19.7 Å². The molecular weight excluding hydrogens is 437 g/mol. The Hall–Kier alpha value is -3.85. The lowest BCUT2D eigenvalue weighted by Crippen LogP contribution is -2.13. The number of phenols is 1. The number of aromatic nitrogens is 1. The summed E-state index contributed by atoms with van der Waals surface area (Å²) in [6, 6.07) is 12.9. The Labute approximate surface area is 182 Å². The number of halogens is 1. The zero-order chi connectivity index (χ0) is 23.2. The molecule has 164 valence electrons. The van der Waals surface area contributed by atoms with E-state index >= 15 is 0 Å². The van der Waals surface area contributed by atoms with Crippen molar-refractivity contribution >= 4 is 26.7 Å². The Morgan fingerprint density at radius 3 is 2.34 bits per heavy atom. The van der Waals surface area contributed by atoms with Crippen LogP contribution in [0.2, 0.25) is 0 Å². The van der Waals surface area contributed by atoms with E-state index in [4.69, 9.17) is 4.84 Å². The summed E-state index contributed by atoms with van der Waals surface area (Å²) < 4.78 is 40.2. The van der Waals surface area contributed by atoms with Gasteiger partial charge in [-0.1, -0.05) is 6.07 Å². The van der Waals surface area contributed by atoms with Gasteiger partial charge in [-0.15, -0.1) is 0 Å². The fourth-order valence-corrected chi connectivity index (χ4v) is 4.86. The number of nitrogens with zero attached hydrogens (tertiary/aromatic N) is 1. The standard InChI is InChI=1S/C23H18FNO6S/c1-13-9-14(2)18-12-20(23(27)28)25(19(18)10-13)31-16-5-8-21(26)22(11-16)32(29,30)17-6-3-15(24)4-7-17/h3-12,26H,1-2H3,(H,27,28). The second-order valence-electron chi connectivity index (χ2n) is 7.32. The first kappa shape index (κ1) is 21.4. The minimum atomic E-state index is -4.19. The third kappa shape index (κ3) is 3.67. The predicted octanol–water partition coefficient (Wildman–Crippen LogP) is 4.48. The number of fused-ring (bicyclic) bond motifs is 1. The van der Waals surface area contributed by atoms with Crippen molar-refractivity contribution in [3.63, 3.8) is 0 Å². The lowest BCUT2D eigenvalue weighted by atomic mass is 10.1. The number of rotatable bonds is 5. The minimum Gasteiger partial charge on any atom is -0.507 e. The first-order valence-electron chi connectivity index (χ1n) is 9.46. The topological polar surface area (TPSA) is 106 Å². The highest BCUT2D eigenvalue weighted by molar-refractivity contribution is 7.91. The molecule has 0 saturated carbocycles. The van der Waals surface area contributed by atoms with Crippen molar-refractivity contribution in [2.75, 3.05) is 0 Å². The largest absolute Gasteiger partial charge is 0.507 e. The molecule has 32 heavy (non-hydrogen) atoms. The molecule has 0 aliphatic rings. The van der Waals surface area contributed by atoms with Crippen molar-refractivity contribution in [1.29, 1.82) is 0 Å². The number of carboxylic acid groups (broad SMARTS) is 1. The lowest BCUT2D eigenvalue weighted by molar-refractivity contribution is 0.0659. The fraction of sp³-hybridized carbons (Fsp3) is 0.0870. The fourth-order valence-electron chi connectivity index (χ4n) is 3.50. The van der Waals surface area contributed by atoms with Crippen LogP contribution < -0.4 is 4.84 Å². The van der Waals surface area contributed by atoms with Crippen LogP contribution >= 0.6 is 0 Å². The number of carboxylic acids is 1. The van der Waals surface area contributed by atoms with Gasteiger partial charge in [0, 0.05) is 11.5 Å². The van der Waals surface area contributed by atoms with Gasteiger partial charge in [-0.25, -0.2) is 17.6 Å². The predicted molar refractivity (Wildman–Crippen MR) is 114 cm³/mol. The highest BCUT2D eigenvalue weighted by Gasteiger charge is 2.24. The number of aromatic hydroxyl groups is 1. The summed E-state index contributed by atoms with van der Waals surface area (Å²) in [5.74, 6) is -2.36. The van der Waals surface area contributed by atoms with Crippen molar-refractivity contribution in [2.24, 2.45) is 0 Å². The molecule has 3 aromatic carbocycles. The smallest absolute Gasteiger partial charge is 0.356 e. The number of sulfone groups is 1. The molecule has 9 heteroatoms. The van der Waals surface area contributed by atoms with Gasteiger partial charge in [0.25, 0.3) is 0 Å². The van der Waals surface area contributed by atoms with Crippen LogP contribution in [0.25, 0.3) is 10.9 Å². The zero-order valence-corrected chi connectivity index (χ0v) is 17.9. The van der Waals surface area contributed by atoms with Crippen LogP contribution in [0.3, 0.4) is 0 Å². The molecule has 0 fully saturated rings. The maximum Gasteiger partial charge on any atom is 0.356 e. The van der Waals surface area contributed by atoms with E-state index in [1.54, 1.807) is 6.07 Å². The molecule has 0 aliphatic carbocycles. The van der Waals surface area contributed by atoms with Gasteiger partial charge in [-0.2, -0.15) is 4.73 Å². The number of hydrogen-bond acceptors (Lipinski definition) is 5. The first-order chi connectivity index (χ1) is 15.1. The van der Waals surface area contributed by atoms with Crippen molar-refractivity contribution in [1.82, 2.24) is 4.73 Å². The molecule has 4 aromatic rings. The number of phenolic OH excluding ortho intramolecular Hbond substituents is 1. The van der Waals surface area contributed by atoms with Gasteiger partial charge in [0.05, 0.1) is 10.4 Å². The van der Waals surface area contributed by atoms with Crippen LogP contribution in [-0.2, 0) is 9.84 Å². The third-order valence-corrected chi connectivity index (χ3v) is 6.79. The molecule has 2 N–H and O–H groups in total. The van der Waals surface area contributed by atoms with Gasteiger partial charge in [0.15, 0.2) is 11.4 Å². The quantitative estimate of drug-likeness (QED) is 0.430. The maximum atomic E-state index is 13.2. The Morgan fingerprint density at radius 1 is 1.00 bits per heavy atom. The van der Waals surface area contributed by atoms with E-state index in [2.05, 4.69) is 0 Å². The van der Waals surface area contributed by atoms with Crippen molar-refractivity contribution in [2.45, 2.75) is 23.6 Å². The van der Waals surface area contributed by atoms with Crippen molar-refractivity contribution in [3.8, 4) is 11.5 Å². The highest BCUT2D eigenvalue weighted by Crippen LogP contribution is 2.33. The van der Waals surface area contributed by atoms with Gasteiger partial charge in [0.2, 0.25) is 9.84 Å². The molecule has 0 atom stereocenters. The summed E-state index contributed by atoms with van der Waals surface area (Å²) in [7, 11) is -4.19. The molecule has 7 nitrogen and oxygen atoms in total. The Morgan fingerprint density at radius 2 is 1.69 bits per heavy atom. The van der Waals surface area contributed by atoms with Crippen LogP contribution in [0.1, 0.15) is 21.6 Å². The van der Waals surface area contributed by atoms with Crippen LogP contribution in [0.5, 0.6) is 11.5 Å². The lowest BCUT2D eigenvalue weighted by Gasteiger charge is -2.13. The first-order valence-corrected chi connectivity index (χ1v) is 10.9. The number of benzene rings is 3. The molecule has 0 spiro atoms. The van der Waals surface area contributed by atoms with Gasteiger partial charge >= 0.3 is 5.97 Å². The molecule has 0 radical (unpaired) electrons. The molecule has 0 unspecified atom stereocenters. The average molecular weight is 455 g/mol. The van der Waals surface area contributed by atoms with Crippen LogP contribution in [0.15, 0.2) is 70.5 Å². The van der Waals surface area contributed by atoms with Gasteiger partial charge in [-0.05, 0) is 73.5 Å². The molecule has 0 amide bonds. The molecule has 0 aliphatic heterocycles. The second kappa shape index (κ2) is 7.69. The zero-order valence-electron chi connectivity index (χ0n) is 17.0. The summed E-state index contributed by atoms with van der Waals surface area (Å²) >= 11 is 0. The summed E-state index contributed by atoms with van der Waals surface area (Å²) in [6.07, 6.45) is 0. The van der Waals surface area contributed by atoms with Crippen LogP contribution in [0.4, 0.5) is 4.39 Å². The molecule has 1 heterocycles. The maximum absolute atomic E-state index is 13.2. The number of hydrogen-bond donors (Lipinski definition) is 2. The number of aryl methyl sites for hydroxylation is 2. The SMILES string of the molecule is Cc1cc(C)c2cc(C(=O)O)n(Oc3ccc(O)c(S(=O)(=O)c4ccc(F)cc4)c3)c2c1. The summed E-state index contributed by atoms with van der Waals surface area (Å²) in [6.45, 7) is 3.71. The van der Waals surface area contributed by atoms with E-state index in [0.29, 0.717) is 10.9 Å². The summed E-state index contributed by atoms with van der Waals surface area (Å²) in [5.41, 5.74) is 2.09. The van der Waals surface area contributed by atoms with Crippen molar-refractivity contribution in [3.05, 3.63) is 83.3 Å². The molecule has 0 bridgehead atoms. The van der Waals surface area contributed by atoms with Gasteiger partial charge < -0.3 is 15.1 Å². The normalized spacial score (nSPS) is 11.6. The number of aromatic carboxylic acids is 1. The van der Waals surface area contributed by atoms with Gasteiger partial charge in [-0.3, -0.25) is 0 Å². The molecule has 1 aromatic heterocycles. The molecule has 0 saturated heterocycles. The highest BCUT2D eigenvalue weighted by atomic mass is 32.2. The average Bonchev–Trinajstić information content (AvgIpc) is 3.08. The van der Waals surface area contributed by atoms with E-state index in [1.165, 1.54) is 12.1 Å². The van der Waals surface area contributed by atoms with Crippen LogP contribution in [-0.4, -0.2) is 29.3 Å². The minimum absolute atomic E-state index is 0.0114. The van der Waals surface area contributed by atoms with E-state index in [1.807, 2.05) is 19.9 Å². The Bertz CT molecular complexity index is 1470. The summed E-state index contributed by atoms with van der Waals surface area (Å²) in [5, 5.41) is 20.5. The second-order valence-corrected chi connectivity index (χ2v) is 9.24. The van der Waals surface area contributed by atoms with E-state index in [0.717, 1.165) is 52.3 Å². The van der Waals surface area contributed by atoms with E-state index < -0.39 is 32.3 Å². The third-order valence-electron chi connectivity index (χ3n) is 4.99.